The fraction of sp³-hybridized carbons (Fsp3) is 0.176. The molecule has 0 spiro atoms. The first-order valence-corrected chi connectivity index (χ1v) is 7.85. The largest absolute Gasteiger partial charge is 0.354 e. The number of aromatic nitrogens is 3. The summed E-state index contributed by atoms with van der Waals surface area (Å²) in [5.74, 6) is -0.162. The van der Waals surface area contributed by atoms with Gasteiger partial charge in [0.1, 0.15) is 5.52 Å². The minimum absolute atomic E-state index is 0.162. The monoisotopic (exact) mass is 342 g/mol. The van der Waals surface area contributed by atoms with Crippen molar-refractivity contribution in [3.63, 3.8) is 0 Å². The quantitative estimate of drug-likeness (QED) is 0.767. The molecule has 1 N–H and O–H groups in total. The average molecular weight is 343 g/mol. The zero-order valence-corrected chi connectivity index (χ0v) is 13.5. The third kappa shape index (κ3) is 3.60. The molecule has 0 unspecified atom stereocenters. The second kappa shape index (κ2) is 7.23. The smallest absolute Gasteiger partial charge is 0.277 e. The van der Waals surface area contributed by atoms with Gasteiger partial charge >= 0.3 is 0 Å². The van der Waals surface area contributed by atoms with Gasteiger partial charge in [0, 0.05) is 11.6 Å². The van der Waals surface area contributed by atoms with Crippen molar-refractivity contribution in [2.45, 2.75) is 13.0 Å². The molecule has 7 heteroatoms. The third-order valence-corrected chi connectivity index (χ3v) is 3.95. The molecule has 0 aliphatic rings. The Hall–Kier alpha value is -2.73. The minimum atomic E-state index is -0.221. The van der Waals surface area contributed by atoms with Crippen molar-refractivity contribution >= 4 is 28.4 Å². The van der Waals surface area contributed by atoms with E-state index in [1.807, 2.05) is 12.1 Å². The van der Waals surface area contributed by atoms with Crippen molar-refractivity contribution in [3.8, 4) is 0 Å². The molecule has 0 radical (unpaired) electrons. The third-order valence-electron chi connectivity index (χ3n) is 3.58. The van der Waals surface area contributed by atoms with Gasteiger partial charge in [-0.05, 0) is 23.8 Å². The van der Waals surface area contributed by atoms with Gasteiger partial charge < -0.3 is 5.32 Å². The highest BCUT2D eigenvalue weighted by Gasteiger charge is 2.08. The molecule has 0 saturated heterocycles. The lowest BCUT2D eigenvalue weighted by Crippen LogP contribution is -2.33. The summed E-state index contributed by atoms with van der Waals surface area (Å²) in [6.07, 6.45) is 0.192. The van der Waals surface area contributed by atoms with E-state index < -0.39 is 0 Å². The Morgan fingerprint density at radius 2 is 1.88 bits per heavy atom. The van der Waals surface area contributed by atoms with Crippen LogP contribution < -0.4 is 10.9 Å². The van der Waals surface area contributed by atoms with Gasteiger partial charge in [-0.2, -0.15) is 0 Å². The molecular weight excluding hydrogens is 328 g/mol. The number of amides is 1. The number of hydrogen-bond acceptors (Lipinski definition) is 4. The van der Waals surface area contributed by atoms with E-state index in [-0.39, 0.29) is 31.0 Å². The topological polar surface area (TPSA) is 76.9 Å². The number of rotatable bonds is 5. The Kier molecular flexibility index (Phi) is 4.86. The highest BCUT2D eigenvalue weighted by Crippen LogP contribution is 2.15. The minimum Gasteiger partial charge on any atom is -0.354 e. The van der Waals surface area contributed by atoms with Crippen LogP contribution in [-0.2, 0) is 17.8 Å². The van der Waals surface area contributed by atoms with Crippen LogP contribution in [0.25, 0.3) is 10.9 Å². The predicted octanol–water partition coefficient (Wildman–Crippen LogP) is 1.80. The van der Waals surface area contributed by atoms with Crippen molar-refractivity contribution in [2.75, 3.05) is 6.54 Å². The van der Waals surface area contributed by atoms with Gasteiger partial charge in [-0.15, -0.1) is 5.10 Å². The maximum absolute atomic E-state index is 12.3. The Morgan fingerprint density at radius 1 is 1.12 bits per heavy atom. The first-order valence-electron chi connectivity index (χ1n) is 7.48. The summed E-state index contributed by atoms with van der Waals surface area (Å²) < 4.78 is 1.25. The number of carbonyl (C=O) groups excluding carboxylic acids is 1. The lowest BCUT2D eigenvalue weighted by molar-refractivity contribution is -0.120. The van der Waals surface area contributed by atoms with E-state index in [9.17, 15) is 9.59 Å². The fourth-order valence-corrected chi connectivity index (χ4v) is 2.55. The molecule has 0 aliphatic carbocycles. The van der Waals surface area contributed by atoms with Crippen molar-refractivity contribution in [1.82, 2.24) is 20.3 Å². The van der Waals surface area contributed by atoms with Gasteiger partial charge in [-0.25, -0.2) is 4.68 Å². The second-order valence-corrected chi connectivity index (χ2v) is 5.66. The van der Waals surface area contributed by atoms with Crippen LogP contribution in [0, 0.1) is 0 Å². The molecule has 24 heavy (non-hydrogen) atoms. The highest BCUT2D eigenvalue weighted by atomic mass is 35.5. The lowest BCUT2D eigenvalue weighted by Gasteiger charge is -2.07. The van der Waals surface area contributed by atoms with Crippen LogP contribution >= 0.6 is 11.6 Å². The molecule has 2 aromatic carbocycles. The first kappa shape index (κ1) is 16.1. The number of carbonyl (C=O) groups is 1. The van der Waals surface area contributed by atoms with Gasteiger partial charge in [0.15, 0.2) is 0 Å². The van der Waals surface area contributed by atoms with E-state index >= 15 is 0 Å². The van der Waals surface area contributed by atoms with Crippen LogP contribution in [0.2, 0.25) is 5.02 Å². The molecule has 0 aliphatic heterocycles. The van der Waals surface area contributed by atoms with Crippen molar-refractivity contribution < 1.29 is 4.79 Å². The van der Waals surface area contributed by atoms with Gasteiger partial charge in [0.05, 0.1) is 18.4 Å². The van der Waals surface area contributed by atoms with E-state index in [1.54, 1.807) is 36.4 Å². The van der Waals surface area contributed by atoms with Crippen LogP contribution in [0.3, 0.4) is 0 Å². The highest BCUT2D eigenvalue weighted by molar-refractivity contribution is 6.31. The molecule has 0 bridgehead atoms. The molecule has 0 fully saturated rings. The molecule has 122 valence electrons. The van der Waals surface area contributed by atoms with Crippen LogP contribution in [0.15, 0.2) is 53.3 Å². The van der Waals surface area contributed by atoms with Crippen molar-refractivity contribution in [2.24, 2.45) is 0 Å². The second-order valence-electron chi connectivity index (χ2n) is 5.25. The summed E-state index contributed by atoms with van der Waals surface area (Å²) in [6, 6.07) is 14.2. The number of fused-ring (bicyclic) bond motifs is 1. The Bertz CT molecular complexity index is 939. The van der Waals surface area contributed by atoms with Gasteiger partial charge in [0.25, 0.3) is 5.56 Å². The lowest BCUT2D eigenvalue weighted by atomic mass is 10.1. The summed E-state index contributed by atoms with van der Waals surface area (Å²) in [6.45, 7) is 0.543. The molecule has 3 rings (SSSR count). The van der Waals surface area contributed by atoms with E-state index in [1.165, 1.54) is 4.68 Å². The average Bonchev–Trinajstić information content (AvgIpc) is 2.59. The Morgan fingerprint density at radius 3 is 2.71 bits per heavy atom. The molecule has 6 nitrogen and oxygen atoms in total. The number of halogens is 1. The summed E-state index contributed by atoms with van der Waals surface area (Å²) in [5.41, 5.74) is 1.10. The zero-order chi connectivity index (χ0) is 16.9. The molecule has 0 atom stereocenters. The molecule has 3 aromatic rings. The van der Waals surface area contributed by atoms with E-state index in [0.29, 0.717) is 15.9 Å². The molecule has 1 heterocycles. The summed E-state index contributed by atoms with van der Waals surface area (Å²) in [7, 11) is 0. The Labute approximate surface area is 143 Å². The molecular formula is C17H15ClN4O2. The van der Waals surface area contributed by atoms with Crippen LogP contribution in [-0.4, -0.2) is 27.4 Å². The summed E-state index contributed by atoms with van der Waals surface area (Å²) in [4.78, 5) is 24.2. The molecule has 1 aromatic heterocycles. The van der Waals surface area contributed by atoms with Gasteiger partial charge in [0.2, 0.25) is 5.91 Å². The predicted molar refractivity (Wildman–Crippen MR) is 92.0 cm³/mol. The van der Waals surface area contributed by atoms with Crippen LogP contribution in [0.1, 0.15) is 5.56 Å². The number of nitrogens with one attached hydrogen (secondary N) is 1. The van der Waals surface area contributed by atoms with E-state index in [4.69, 9.17) is 11.6 Å². The van der Waals surface area contributed by atoms with E-state index in [0.717, 1.165) is 5.56 Å². The van der Waals surface area contributed by atoms with Gasteiger partial charge in [-0.3, -0.25) is 9.59 Å². The van der Waals surface area contributed by atoms with E-state index in [2.05, 4.69) is 15.6 Å². The standard InChI is InChI=1S/C17H15ClN4O2/c18-14-7-3-1-5-12(14)11-16(23)19-9-10-22-17(24)13-6-2-4-8-15(13)20-21-22/h1-8H,9-11H2,(H,19,23). The SMILES string of the molecule is O=C(Cc1ccccc1Cl)NCCn1nnc2ccccc2c1=O. The Balaban J connectivity index is 1.60. The normalized spacial score (nSPS) is 10.7. The van der Waals surface area contributed by atoms with Gasteiger partial charge in [-0.1, -0.05) is 47.1 Å². The summed E-state index contributed by atoms with van der Waals surface area (Å²) >= 11 is 6.03. The number of nitrogens with zero attached hydrogens (tertiary/aromatic N) is 3. The number of benzene rings is 2. The van der Waals surface area contributed by atoms with Crippen molar-refractivity contribution in [3.05, 3.63) is 69.5 Å². The van der Waals surface area contributed by atoms with Crippen LogP contribution in [0.4, 0.5) is 0 Å². The van der Waals surface area contributed by atoms with Crippen LogP contribution in [0.5, 0.6) is 0 Å². The maximum Gasteiger partial charge on any atom is 0.277 e. The first-order chi connectivity index (χ1) is 11.6. The fourth-order valence-electron chi connectivity index (χ4n) is 2.35. The number of hydrogen-bond donors (Lipinski definition) is 1. The molecule has 1 amide bonds. The summed E-state index contributed by atoms with van der Waals surface area (Å²) in [5, 5.41) is 11.7. The maximum atomic E-state index is 12.3. The van der Waals surface area contributed by atoms with Crippen molar-refractivity contribution in [1.29, 1.82) is 0 Å². The zero-order valence-electron chi connectivity index (χ0n) is 12.8. The molecule has 0 saturated carbocycles.